The Labute approximate surface area is 88.3 Å². The Kier molecular flexibility index (Phi) is 51.5. The van der Waals surface area contributed by atoms with Gasteiger partial charge >= 0.3 is 0 Å². The summed E-state index contributed by atoms with van der Waals surface area (Å²) in [5.41, 5.74) is 4.67. The second kappa shape index (κ2) is 15.7. The first-order valence-electron chi connectivity index (χ1n) is 1.17. The second-order valence-electron chi connectivity index (χ2n) is 0.741. The molecule has 0 bridgehead atoms. The molecule has 3 N–H and O–H groups in total. The Morgan fingerprint density at radius 1 is 1.29 bits per heavy atom. The van der Waals surface area contributed by atoms with E-state index in [0.29, 0.717) is 0 Å². The summed E-state index contributed by atoms with van der Waals surface area (Å²) in [4.78, 5) is 0. The van der Waals surface area contributed by atoms with Gasteiger partial charge in [0, 0.05) is 65.2 Å². The number of hydrogen-bond donors (Lipinski definition) is 2. The van der Waals surface area contributed by atoms with Crippen molar-refractivity contribution < 1.29 is 70.3 Å². The number of rotatable bonds is 0. The molecule has 0 aromatic carbocycles. The third-order valence-corrected chi connectivity index (χ3v) is 0. The molecular weight excluding hydrogens is 198 g/mol. The third-order valence-electron chi connectivity index (χ3n) is 0. The summed E-state index contributed by atoms with van der Waals surface area (Å²) in [6.07, 6.45) is -0.667. The van der Waals surface area contributed by atoms with Crippen molar-refractivity contribution in [2.24, 2.45) is 5.73 Å². The van der Waals surface area contributed by atoms with E-state index in [4.69, 9.17) is 5.11 Å². The average Bonchev–Trinajstić information content (AvgIpc) is 0.811. The van der Waals surface area contributed by atoms with E-state index in [1.807, 2.05) is 0 Å². The molecule has 0 spiro atoms. The molecule has 2 nitrogen and oxygen atoms in total. The van der Waals surface area contributed by atoms with Crippen molar-refractivity contribution in [3.05, 3.63) is 0 Å². The molecular formula is C2H7NOTi3. The van der Waals surface area contributed by atoms with Crippen LogP contribution in [0.25, 0.3) is 0 Å². The third kappa shape index (κ3) is 69.6. The van der Waals surface area contributed by atoms with Crippen molar-refractivity contribution in [1.29, 1.82) is 0 Å². The number of aliphatic hydroxyl groups excluding tert-OH is 1. The van der Waals surface area contributed by atoms with Crippen LogP contribution < -0.4 is 5.73 Å². The van der Waals surface area contributed by atoms with Crippen LogP contribution in [0.15, 0.2) is 0 Å². The number of nitrogens with two attached hydrogens (primary N) is 1. The summed E-state index contributed by atoms with van der Waals surface area (Å²) < 4.78 is 0. The van der Waals surface area contributed by atoms with Crippen LogP contribution in [0.4, 0.5) is 0 Å². The van der Waals surface area contributed by atoms with E-state index in [9.17, 15) is 0 Å². The maximum Gasteiger partial charge on any atom is 0.0991 e. The van der Waals surface area contributed by atoms with Crippen molar-refractivity contribution in [3.63, 3.8) is 0 Å². The van der Waals surface area contributed by atoms with Gasteiger partial charge in [-0.25, -0.2) is 0 Å². The summed E-state index contributed by atoms with van der Waals surface area (Å²) in [6, 6.07) is 0. The van der Waals surface area contributed by atoms with Gasteiger partial charge in [0.25, 0.3) is 0 Å². The molecule has 0 aliphatic rings. The zero-order valence-corrected chi connectivity index (χ0v) is 8.79. The summed E-state index contributed by atoms with van der Waals surface area (Å²) in [5, 5.41) is 7.83. The molecule has 1 atom stereocenters. The average molecular weight is 205 g/mol. The fraction of sp³-hybridized carbons (Fsp3) is 1.00. The number of hydrogen-bond acceptors (Lipinski definition) is 2. The van der Waals surface area contributed by atoms with Gasteiger partial charge in [-0.2, -0.15) is 0 Å². The monoisotopic (exact) mass is 205 g/mol. The van der Waals surface area contributed by atoms with Crippen LogP contribution in [0.3, 0.4) is 0 Å². The molecule has 0 aliphatic carbocycles. The van der Waals surface area contributed by atoms with Gasteiger partial charge in [-0.15, -0.1) is 0 Å². The topological polar surface area (TPSA) is 46.2 Å². The summed E-state index contributed by atoms with van der Waals surface area (Å²) in [5.74, 6) is 0. The first kappa shape index (κ1) is 23.0. The van der Waals surface area contributed by atoms with Crippen LogP contribution >= 0.6 is 0 Å². The normalized spacial score (nSPS) is 9.00. The zero-order valence-electron chi connectivity index (χ0n) is 4.10. The van der Waals surface area contributed by atoms with Gasteiger partial charge in [-0.1, -0.05) is 0 Å². The van der Waals surface area contributed by atoms with E-state index in [-0.39, 0.29) is 65.2 Å². The standard InChI is InChI=1S/C2H7NO.3Ti/c1-2(3)4;;;/h2,4H,3H2,1H3;;;. The molecule has 0 radical (unpaired) electrons. The van der Waals surface area contributed by atoms with Crippen LogP contribution in [0, 0.1) is 0 Å². The summed E-state index contributed by atoms with van der Waals surface area (Å²) in [6.45, 7) is 1.50. The van der Waals surface area contributed by atoms with E-state index in [1.165, 1.54) is 6.92 Å². The van der Waals surface area contributed by atoms with Crippen molar-refractivity contribution in [1.82, 2.24) is 0 Å². The molecule has 0 rings (SSSR count). The Hall–Kier alpha value is 2.06. The van der Waals surface area contributed by atoms with E-state index in [2.05, 4.69) is 5.73 Å². The van der Waals surface area contributed by atoms with Gasteiger partial charge < -0.3 is 10.8 Å². The smallest absolute Gasteiger partial charge is 0.0991 e. The largest absolute Gasteiger partial charge is 0.379 e. The van der Waals surface area contributed by atoms with Crippen LogP contribution in [0.5, 0.6) is 0 Å². The molecule has 1 unspecified atom stereocenters. The molecule has 7 heavy (non-hydrogen) atoms. The van der Waals surface area contributed by atoms with Crippen LogP contribution in [0.2, 0.25) is 0 Å². The maximum atomic E-state index is 7.83. The predicted octanol–water partition coefficient (Wildman–Crippen LogP) is -0.724. The first-order valence-corrected chi connectivity index (χ1v) is 1.17. The molecule has 0 aromatic heterocycles. The van der Waals surface area contributed by atoms with Crippen molar-refractivity contribution in [2.45, 2.75) is 13.2 Å². The minimum atomic E-state index is -0.667. The van der Waals surface area contributed by atoms with E-state index < -0.39 is 6.23 Å². The van der Waals surface area contributed by atoms with Gasteiger partial charge in [0.05, 0.1) is 6.23 Å². The zero-order chi connectivity index (χ0) is 3.58. The summed E-state index contributed by atoms with van der Waals surface area (Å²) >= 11 is 0. The number of aliphatic hydroxyl groups is 1. The Morgan fingerprint density at radius 3 is 1.29 bits per heavy atom. The molecule has 0 amide bonds. The quantitative estimate of drug-likeness (QED) is 0.404. The van der Waals surface area contributed by atoms with Gasteiger partial charge in [-0.05, 0) is 6.92 Å². The van der Waals surface area contributed by atoms with Crippen molar-refractivity contribution >= 4 is 0 Å². The molecule has 0 saturated heterocycles. The minimum absolute atomic E-state index is 0. The Bertz CT molecular complexity index is 17.7. The SMILES string of the molecule is CC(N)O.[Ti].[Ti].[Ti]. The van der Waals surface area contributed by atoms with Crippen molar-refractivity contribution in [2.75, 3.05) is 0 Å². The fourth-order valence-electron chi connectivity index (χ4n) is 0. The van der Waals surface area contributed by atoms with Gasteiger partial charge in [-0.3, -0.25) is 0 Å². The van der Waals surface area contributed by atoms with Gasteiger partial charge in [0.15, 0.2) is 0 Å². The van der Waals surface area contributed by atoms with Crippen LogP contribution in [-0.4, -0.2) is 11.3 Å². The predicted molar refractivity (Wildman–Crippen MR) is 15.9 cm³/mol. The first-order chi connectivity index (χ1) is 1.73. The molecule has 0 aromatic rings. The van der Waals surface area contributed by atoms with Crippen molar-refractivity contribution in [3.8, 4) is 0 Å². The Balaban J connectivity index is -0.0000000150. The van der Waals surface area contributed by atoms with Crippen LogP contribution in [-0.2, 0) is 65.2 Å². The molecule has 0 heterocycles. The minimum Gasteiger partial charge on any atom is -0.379 e. The summed E-state index contributed by atoms with van der Waals surface area (Å²) in [7, 11) is 0. The van der Waals surface area contributed by atoms with Gasteiger partial charge in [0.1, 0.15) is 0 Å². The van der Waals surface area contributed by atoms with Crippen LogP contribution in [0.1, 0.15) is 6.92 Å². The van der Waals surface area contributed by atoms with E-state index in [0.717, 1.165) is 0 Å². The maximum absolute atomic E-state index is 7.83. The van der Waals surface area contributed by atoms with Gasteiger partial charge in [0.2, 0.25) is 0 Å². The molecule has 0 fully saturated rings. The second-order valence-corrected chi connectivity index (χ2v) is 0.741. The molecule has 5 heteroatoms. The molecule has 38 valence electrons. The molecule has 0 aliphatic heterocycles. The molecule has 0 saturated carbocycles. The fourth-order valence-corrected chi connectivity index (χ4v) is 0. The Morgan fingerprint density at radius 2 is 1.29 bits per heavy atom. The van der Waals surface area contributed by atoms with E-state index >= 15 is 0 Å². The van der Waals surface area contributed by atoms with E-state index in [1.54, 1.807) is 0 Å².